The van der Waals surface area contributed by atoms with E-state index in [0.29, 0.717) is 5.82 Å². The molecule has 0 fully saturated rings. The number of carbonyl (C=O) groups is 1. The van der Waals surface area contributed by atoms with Crippen molar-refractivity contribution >= 4 is 24.2 Å². The molecule has 0 amide bonds. The highest BCUT2D eigenvalue weighted by atomic mass is 35.5. The molecular weight excluding hydrogens is 194 g/mol. The Hall–Kier alpha value is -1.23. The molecule has 0 unspecified atom stereocenters. The molecule has 1 heterocycles. The zero-order valence-electron chi connectivity index (χ0n) is 7.39. The quantitative estimate of drug-likeness (QED) is 0.760. The third kappa shape index (κ3) is 2.35. The molecule has 0 saturated heterocycles. The molecule has 74 valence electrons. The van der Waals surface area contributed by atoms with Crippen LogP contribution in [-0.2, 0) is 0 Å². The van der Waals surface area contributed by atoms with Gasteiger partial charge in [-0.25, -0.2) is 9.48 Å². The number of nitrogens with two attached hydrogens (primary N) is 1. The van der Waals surface area contributed by atoms with Crippen LogP contribution in [0.1, 0.15) is 30.4 Å². The Bertz CT molecular complexity index is 309. The molecule has 1 rings (SSSR count). The zero-order chi connectivity index (χ0) is 9.30. The van der Waals surface area contributed by atoms with E-state index < -0.39 is 5.97 Å². The summed E-state index contributed by atoms with van der Waals surface area (Å²) in [6.45, 7) is 3.77. The van der Waals surface area contributed by atoms with Crippen LogP contribution in [0.3, 0.4) is 0 Å². The number of nitrogens with zero attached hydrogens (tertiary/aromatic N) is 2. The first kappa shape index (κ1) is 11.8. The largest absolute Gasteiger partial charge is 0.476 e. The molecule has 6 heteroatoms. The van der Waals surface area contributed by atoms with Crippen LogP contribution in [0.15, 0.2) is 6.07 Å². The Morgan fingerprint density at radius 1 is 1.69 bits per heavy atom. The van der Waals surface area contributed by atoms with E-state index in [1.807, 2.05) is 13.8 Å². The minimum Gasteiger partial charge on any atom is -0.476 e. The van der Waals surface area contributed by atoms with Crippen LogP contribution < -0.4 is 5.73 Å². The number of anilines is 1. The number of hydrogen-bond acceptors (Lipinski definition) is 3. The second kappa shape index (κ2) is 4.13. The Labute approximate surface area is 81.9 Å². The van der Waals surface area contributed by atoms with Crippen molar-refractivity contribution in [1.82, 2.24) is 9.78 Å². The maximum absolute atomic E-state index is 10.5. The molecule has 0 saturated carbocycles. The summed E-state index contributed by atoms with van der Waals surface area (Å²) in [7, 11) is 0. The molecule has 0 radical (unpaired) electrons. The van der Waals surface area contributed by atoms with Crippen molar-refractivity contribution in [3.8, 4) is 0 Å². The first-order valence-electron chi connectivity index (χ1n) is 3.60. The Morgan fingerprint density at radius 3 is 2.46 bits per heavy atom. The summed E-state index contributed by atoms with van der Waals surface area (Å²) in [6, 6.07) is 1.43. The van der Waals surface area contributed by atoms with E-state index in [-0.39, 0.29) is 24.1 Å². The molecular formula is C7H12ClN3O2. The van der Waals surface area contributed by atoms with Crippen LogP contribution in [0.4, 0.5) is 5.82 Å². The first-order valence-corrected chi connectivity index (χ1v) is 3.60. The summed E-state index contributed by atoms with van der Waals surface area (Å²) in [5, 5.41) is 12.4. The predicted molar refractivity (Wildman–Crippen MR) is 51.2 cm³/mol. The van der Waals surface area contributed by atoms with Gasteiger partial charge < -0.3 is 10.8 Å². The number of aromatic carboxylic acids is 1. The summed E-state index contributed by atoms with van der Waals surface area (Å²) >= 11 is 0. The van der Waals surface area contributed by atoms with Crippen molar-refractivity contribution in [2.45, 2.75) is 19.9 Å². The highest BCUT2D eigenvalue weighted by molar-refractivity contribution is 5.86. The van der Waals surface area contributed by atoms with Crippen molar-refractivity contribution in [2.24, 2.45) is 0 Å². The molecule has 1 aromatic rings. The monoisotopic (exact) mass is 205 g/mol. The van der Waals surface area contributed by atoms with Crippen molar-refractivity contribution in [1.29, 1.82) is 0 Å². The maximum Gasteiger partial charge on any atom is 0.356 e. The fourth-order valence-corrected chi connectivity index (χ4v) is 0.927. The van der Waals surface area contributed by atoms with Gasteiger partial charge in [-0.3, -0.25) is 0 Å². The molecule has 5 nitrogen and oxygen atoms in total. The van der Waals surface area contributed by atoms with E-state index in [2.05, 4.69) is 5.10 Å². The second-order valence-electron chi connectivity index (χ2n) is 2.80. The standard InChI is InChI=1S/C7H11N3O2.ClH/c1-4(2)10-6(8)3-5(9-10)7(11)12;/h3-4H,8H2,1-2H3,(H,11,12);1H. The van der Waals surface area contributed by atoms with Crippen LogP contribution in [0.5, 0.6) is 0 Å². The van der Waals surface area contributed by atoms with Crippen molar-refractivity contribution < 1.29 is 9.90 Å². The number of rotatable bonds is 2. The fourth-order valence-electron chi connectivity index (χ4n) is 0.927. The van der Waals surface area contributed by atoms with Gasteiger partial charge in [-0.2, -0.15) is 5.10 Å². The van der Waals surface area contributed by atoms with Gasteiger partial charge in [-0.15, -0.1) is 12.4 Å². The van der Waals surface area contributed by atoms with Crippen molar-refractivity contribution in [3.63, 3.8) is 0 Å². The van der Waals surface area contributed by atoms with E-state index in [0.717, 1.165) is 0 Å². The molecule has 0 spiro atoms. The van der Waals surface area contributed by atoms with E-state index in [1.165, 1.54) is 10.7 Å². The summed E-state index contributed by atoms with van der Waals surface area (Å²) in [5.41, 5.74) is 5.50. The molecule has 0 aromatic carbocycles. The number of hydrogen-bond donors (Lipinski definition) is 2. The number of nitrogen functional groups attached to an aromatic ring is 1. The lowest BCUT2D eigenvalue weighted by atomic mass is 10.4. The summed E-state index contributed by atoms with van der Waals surface area (Å²) in [5.74, 6) is -0.677. The summed E-state index contributed by atoms with van der Waals surface area (Å²) < 4.78 is 1.48. The number of halogens is 1. The lowest BCUT2D eigenvalue weighted by Crippen LogP contribution is -2.07. The van der Waals surface area contributed by atoms with Crippen molar-refractivity contribution in [3.05, 3.63) is 11.8 Å². The highest BCUT2D eigenvalue weighted by Crippen LogP contribution is 2.12. The topological polar surface area (TPSA) is 81.1 Å². The highest BCUT2D eigenvalue weighted by Gasteiger charge is 2.12. The smallest absolute Gasteiger partial charge is 0.356 e. The van der Waals surface area contributed by atoms with Gasteiger partial charge in [0.2, 0.25) is 0 Å². The van der Waals surface area contributed by atoms with Crippen LogP contribution in [0.2, 0.25) is 0 Å². The Kier molecular flexibility index (Phi) is 3.74. The van der Waals surface area contributed by atoms with E-state index in [9.17, 15) is 4.79 Å². The van der Waals surface area contributed by atoms with Crippen LogP contribution in [0, 0.1) is 0 Å². The predicted octanol–water partition coefficient (Wildman–Crippen LogP) is 1.17. The summed E-state index contributed by atoms with van der Waals surface area (Å²) in [4.78, 5) is 10.5. The van der Waals surface area contributed by atoms with E-state index in [1.54, 1.807) is 0 Å². The van der Waals surface area contributed by atoms with Crippen LogP contribution in [-0.4, -0.2) is 20.9 Å². The van der Waals surface area contributed by atoms with E-state index in [4.69, 9.17) is 10.8 Å². The van der Waals surface area contributed by atoms with Gasteiger partial charge in [0.25, 0.3) is 0 Å². The third-order valence-electron chi connectivity index (χ3n) is 1.47. The van der Waals surface area contributed by atoms with Gasteiger partial charge in [0.15, 0.2) is 5.69 Å². The SMILES string of the molecule is CC(C)n1nc(C(=O)O)cc1N.Cl. The minimum atomic E-state index is -1.05. The first-order chi connectivity index (χ1) is 5.52. The fraction of sp³-hybridized carbons (Fsp3) is 0.429. The number of aromatic nitrogens is 2. The molecule has 0 aliphatic rings. The lowest BCUT2D eigenvalue weighted by Gasteiger charge is -2.05. The normalized spacial score (nSPS) is 9.77. The number of carboxylic acid groups (broad SMARTS) is 1. The lowest BCUT2D eigenvalue weighted by molar-refractivity contribution is 0.0689. The number of carboxylic acids is 1. The Morgan fingerprint density at radius 2 is 2.23 bits per heavy atom. The molecule has 3 N–H and O–H groups in total. The van der Waals surface area contributed by atoms with Gasteiger partial charge >= 0.3 is 5.97 Å². The zero-order valence-corrected chi connectivity index (χ0v) is 8.21. The van der Waals surface area contributed by atoms with Gasteiger partial charge in [0.1, 0.15) is 5.82 Å². The molecule has 0 aliphatic carbocycles. The third-order valence-corrected chi connectivity index (χ3v) is 1.47. The average Bonchev–Trinajstić information content (AvgIpc) is 2.30. The minimum absolute atomic E-state index is 0. The summed E-state index contributed by atoms with van der Waals surface area (Å²) in [6.07, 6.45) is 0. The molecule has 0 aliphatic heterocycles. The Balaban J connectivity index is 0.00000144. The molecule has 0 bridgehead atoms. The average molecular weight is 206 g/mol. The molecule has 13 heavy (non-hydrogen) atoms. The van der Waals surface area contributed by atoms with Gasteiger partial charge in [-0.05, 0) is 13.8 Å². The molecule has 0 atom stereocenters. The maximum atomic E-state index is 10.5. The van der Waals surface area contributed by atoms with Gasteiger partial charge in [-0.1, -0.05) is 0 Å². The van der Waals surface area contributed by atoms with E-state index >= 15 is 0 Å². The molecule has 1 aromatic heterocycles. The van der Waals surface area contributed by atoms with Gasteiger partial charge in [0.05, 0.1) is 0 Å². The van der Waals surface area contributed by atoms with Crippen molar-refractivity contribution in [2.75, 3.05) is 5.73 Å². The second-order valence-corrected chi connectivity index (χ2v) is 2.80. The van der Waals surface area contributed by atoms with Crippen LogP contribution in [0.25, 0.3) is 0 Å². The van der Waals surface area contributed by atoms with Gasteiger partial charge in [0, 0.05) is 12.1 Å². The van der Waals surface area contributed by atoms with Crippen LogP contribution >= 0.6 is 12.4 Å².